The van der Waals surface area contributed by atoms with Crippen molar-refractivity contribution in [1.29, 1.82) is 0 Å². The predicted octanol–water partition coefficient (Wildman–Crippen LogP) is 2.30. The van der Waals surface area contributed by atoms with Crippen LogP contribution < -0.4 is 21.1 Å². The van der Waals surface area contributed by atoms with E-state index in [0.717, 1.165) is 22.9 Å². The van der Waals surface area contributed by atoms with Gasteiger partial charge in [0.25, 0.3) is 11.1 Å². The Morgan fingerprint density at radius 1 is 1.08 bits per heavy atom. The molecule has 5 N–H and O–H groups in total. The van der Waals surface area contributed by atoms with Crippen LogP contribution in [-0.4, -0.2) is 52.2 Å². The second-order valence-electron chi connectivity index (χ2n) is 8.34. The van der Waals surface area contributed by atoms with Crippen LogP contribution in [0.1, 0.15) is 16.8 Å². The van der Waals surface area contributed by atoms with Gasteiger partial charge in [0, 0.05) is 24.7 Å². The number of hydrogen-bond acceptors (Lipinski definition) is 9. The van der Waals surface area contributed by atoms with E-state index in [-0.39, 0.29) is 12.8 Å². The van der Waals surface area contributed by atoms with Crippen LogP contribution in [0.3, 0.4) is 0 Å². The summed E-state index contributed by atoms with van der Waals surface area (Å²) in [6.45, 7) is 0. The minimum absolute atomic E-state index is 0.201. The number of imidazole rings is 1. The molecule has 1 fully saturated rings. The van der Waals surface area contributed by atoms with E-state index in [0.29, 0.717) is 22.1 Å². The second-order valence-corrected chi connectivity index (χ2v) is 9.36. The first-order valence-corrected chi connectivity index (χ1v) is 12.3. The molecular formula is C26H25N5O6S. The molecular weight excluding hydrogens is 510 g/mol. The van der Waals surface area contributed by atoms with Gasteiger partial charge in [0.05, 0.1) is 24.4 Å². The number of hydrogen-bond donors (Lipinski definition) is 4. The van der Waals surface area contributed by atoms with Gasteiger partial charge in [-0.1, -0.05) is 24.3 Å². The number of benzene rings is 2. The Labute approximate surface area is 222 Å². The minimum atomic E-state index is -0.913. The number of nitrogens with zero attached hydrogens (tertiary/aromatic N) is 1. The largest absolute Gasteiger partial charge is 0.467 e. The van der Waals surface area contributed by atoms with Gasteiger partial charge in [0.15, 0.2) is 0 Å². The number of H-pyrrole nitrogens is 1. The van der Waals surface area contributed by atoms with Crippen molar-refractivity contribution in [3.63, 3.8) is 0 Å². The van der Waals surface area contributed by atoms with Gasteiger partial charge in [-0.3, -0.25) is 19.7 Å². The molecule has 0 radical (unpaired) electrons. The molecule has 4 rings (SSSR count). The van der Waals surface area contributed by atoms with Gasteiger partial charge >= 0.3 is 5.97 Å². The number of imide groups is 1. The standard InChI is InChI=1S/C26H25N5O6S/c1-36-25(34)21(30-23(32)20(27)12-17-13-28-14-29-17)10-15-2-6-18(7-3-15)37-19-8-4-16(5-9-19)11-22-24(33)31-26(35)38-22/h2-9,11,13-14,20-21H,10,12,27H2,1H3,(H,28,29)(H,30,32)(H,31,33,35)/b22-11-. The van der Waals surface area contributed by atoms with Gasteiger partial charge in [-0.25, -0.2) is 9.78 Å². The Balaban J connectivity index is 1.34. The normalized spacial score (nSPS) is 15.6. The lowest BCUT2D eigenvalue weighted by atomic mass is 10.0. The quantitative estimate of drug-likeness (QED) is 0.225. The molecule has 0 bridgehead atoms. The fourth-order valence-corrected chi connectivity index (χ4v) is 4.29. The summed E-state index contributed by atoms with van der Waals surface area (Å²) in [5.74, 6) is -0.332. The maximum absolute atomic E-state index is 12.6. The summed E-state index contributed by atoms with van der Waals surface area (Å²) < 4.78 is 10.7. The number of esters is 1. The van der Waals surface area contributed by atoms with E-state index in [4.69, 9.17) is 15.2 Å². The number of carbonyl (C=O) groups excluding carboxylic acids is 4. The Morgan fingerprint density at radius 2 is 1.76 bits per heavy atom. The molecule has 38 heavy (non-hydrogen) atoms. The number of ether oxygens (including phenoxy) is 2. The van der Waals surface area contributed by atoms with E-state index < -0.39 is 35.1 Å². The van der Waals surface area contributed by atoms with Crippen molar-refractivity contribution in [3.8, 4) is 11.5 Å². The van der Waals surface area contributed by atoms with E-state index in [1.807, 2.05) is 0 Å². The highest BCUT2D eigenvalue weighted by molar-refractivity contribution is 8.18. The molecule has 12 heteroatoms. The molecule has 1 aliphatic rings. The molecule has 3 amide bonds. The van der Waals surface area contributed by atoms with Crippen molar-refractivity contribution in [2.75, 3.05) is 7.11 Å². The summed E-state index contributed by atoms with van der Waals surface area (Å²) in [4.78, 5) is 55.0. The maximum atomic E-state index is 12.6. The van der Waals surface area contributed by atoms with Gasteiger partial charge in [0.2, 0.25) is 5.91 Å². The summed E-state index contributed by atoms with van der Waals surface area (Å²) >= 11 is 0.857. The molecule has 2 atom stereocenters. The topological polar surface area (TPSA) is 165 Å². The first-order chi connectivity index (χ1) is 18.3. The monoisotopic (exact) mass is 535 g/mol. The zero-order valence-corrected chi connectivity index (χ0v) is 21.1. The van der Waals surface area contributed by atoms with Crippen LogP contribution in [0.4, 0.5) is 4.79 Å². The number of methoxy groups -OCH3 is 1. The summed E-state index contributed by atoms with van der Waals surface area (Å²) in [5, 5.41) is 4.49. The lowest BCUT2D eigenvalue weighted by Crippen LogP contribution is -2.50. The van der Waals surface area contributed by atoms with E-state index >= 15 is 0 Å². The van der Waals surface area contributed by atoms with Crippen LogP contribution in [0, 0.1) is 0 Å². The van der Waals surface area contributed by atoms with Crippen molar-refractivity contribution >= 4 is 40.9 Å². The fraction of sp³-hybridized carbons (Fsp3) is 0.192. The smallest absolute Gasteiger partial charge is 0.328 e. The second kappa shape index (κ2) is 12.2. The first-order valence-electron chi connectivity index (χ1n) is 11.5. The van der Waals surface area contributed by atoms with Crippen molar-refractivity contribution in [2.45, 2.75) is 24.9 Å². The van der Waals surface area contributed by atoms with Crippen LogP contribution in [0.2, 0.25) is 0 Å². The highest BCUT2D eigenvalue weighted by Crippen LogP contribution is 2.27. The molecule has 2 aromatic carbocycles. The van der Waals surface area contributed by atoms with Crippen molar-refractivity contribution in [2.24, 2.45) is 5.73 Å². The highest BCUT2D eigenvalue weighted by Gasteiger charge is 2.26. The van der Waals surface area contributed by atoms with Crippen LogP contribution in [0.5, 0.6) is 11.5 Å². The molecule has 0 aliphatic carbocycles. The Kier molecular flexibility index (Phi) is 8.56. The SMILES string of the molecule is COC(=O)C(Cc1ccc(Oc2ccc(/C=C3\SC(=O)NC3=O)cc2)cc1)NC(=O)C(N)Cc1cnc[nH]1. The summed E-state index contributed by atoms with van der Waals surface area (Å²) in [6, 6.07) is 12.3. The first kappa shape index (κ1) is 26.6. The molecule has 196 valence electrons. The molecule has 0 saturated carbocycles. The number of thioether (sulfide) groups is 1. The average molecular weight is 536 g/mol. The molecule has 3 aromatic rings. The number of aromatic nitrogens is 2. The van der Waals surface area contributed by atoms with E-state index in [9.17, 15) is 19.2 Å². The summed E-state index contributed by atoms with van der Waals surface area (Å²) in [6.07, 6.45) is 5.16. The lowest BCUT2D eigenvalue weighted by Gasteiger charge is -2.19. The molecule has 1 aromatic heterocycles. The lowest BCUT2D eigenvalue weighted by molar-refractivity contribution is -0.145. The Hall–Kier alpha value is -4.42. The molecule has 1 aliphatic heterocycles. The van der Waals surface area contributed by atoms with Gasteiger partial charge in [-0.15, -0.1) is 0 Å². The Bertz CT molecular complexity index is 1340. The van der Waals surface area contributed by atoms with Gasteiger partial charge in [0.1, 0.15) is 17.5 Å². The third-order valence-corrected chi connectivity index (χ3v) is 6.36. The van der Waals surface area contributed by atoms with Crippen molar-refractivity contribution < 1.29 is 28.7 Å². The average Bonchev–Trinajstić information content (AvgIpc) is 3.53. The molecule has 11 nitrogen and oxygen atoms in total. The van der Waals surface area contributed by atoms with Gasteiger partial charge in [-0.2, -0.15) is 0 Å². The molecule has 2 unspecified atom stereocenters. The molecule has 1 saturated heterocycles. The zero-order chi connectivity index (χ0) is 27.1. The van der Waals surface area contributed by atoms with Gasteiger partial charge < -0.3 is 25.5 Å². The van der Waals surface area contributed by atoms with Gasteiger partial charge in [-0.05, 0) is 53.2 Å². The number of aromatic amines is 1. The third-order valence-electron chi connectivity index (χ3n) is 5.55. The van der Waals surface area contributed by atoms with E-state index in [1.165, 1.54) is 13.4 Å². The van der Waals surface area contributed by atoms with Crippen molar-refractivity contribution in [3.05, 3.63) is 82.8 Å². The van der Waals surface area contributed by atoms with Crippen LogP contribution in [-0.2, 0) is 32.0 Å². The summed E-state index contributed by atoms with van der Waals surface area (Å²) in [7, 11) is 1.26. The van der Waals surface area contributed by atoms with Crippen molar-refractivity contribution in [1.82, 2.24) is 20.6 Å². The van der Waals surface area contributed by atoms with Crippen LogP contribution >= 0.6 is 11.8 Å². The summed E-state index contributed by atoms with van der Waals surface area (Å²) in [5.41, 5.74) is 8.22. The fourth-order valence-electron chi connectivity index (χ4n) is 3.61. The van der Waals surface area contributed by atoms with Crippen LogP contribution in [0.15, 0.2) is 66.0 Å². The van der Waals surface area contributed by atoms with E-state index in [1.54, 1.807) is 60.8 Å². The highest BCUT2D eigenvalue weighted by atomic mass is 32.2. The number of carbonyl (C=O) groups is 4. The predicted molar refractivity (Wildman–Crippen MR) is 140 cm³/mol. The maximum Gasteiger partial charge on any atom is 0.328 e. The van der Waals surface area contributed by atoms with E-state index in [2.05, 4.69) is 20.6 Å². The minimum Gasteiger partial charge on any atom is -0.467 e. The Morgan fingerprint density at radius 3 is 2.34 bits per heavy atom. The third kappa shape index (κ3) is 7.08. The number of nitrogens with two attached hydrogens (primary N) is 1. The molecule has 0 spiro atoms. The van der Waals surface area contributed by atoms with Crippen LogP contribution in [0.25, 0.3) is 6.08 Å². The number of rotatable bonds is 10. The molecule has 2 heterocycles. The number of nitrogens with one attached hydrogen (secondary N) is 3. The zero-order valence-electron chi connectivity index (χ0n) is 20.3. The number of amides is 3.